The molecule has 1 aromatic carbocycles. The van der Waals surface area contributed by atoms with E-state index in [0.29, 0.717) is 18.9 Å². The Morgan fingerprint density at radius 2 is 2.25 bits per heavy atom. The predicted molar refractivity (Wildman–Crippen MR) is 74.0 cm³/mol. The van der Waals surface area contributed by atoms with E-state index in [-0.39, 0.29) is 22.7 Å². The lowest BCUT2D eigenvalue weighted by Gasteiger charge is -2.24. The molecule has 108 valence electrons. The fourth-order valence-corrected chi connectivity index (χ4v) is 2.16. The van der Waals surface area contributed by atoms with E-state index < -0.39 is 4.92 Å². The highest BCUT2D eigenvalue weighted by Crippen LogP contribution is 2.31. The summed E-state index contributed by atoms with van der Waals surface area (Å²) in [7, 11) is 1.48. The molecule has 1 heterocycles. The number of amides is 1. The molecule has 1 aromatic rings. The molecule has 1 atom stereocenters. The summed E-state index contributed by atoms with van der Waals surface area (Å²) in [5, 5.41) is 16.8. The Bertz CT molecular complexity index is 538. The number of anilines is 1. The predicted octanol–water partition coefficient (Wildman–Crippen LogP) is 1.55. The summed E-state index contributed by atoms with van der Waals surface area (Å²) in [4.78, 5) is 22.2. The van der Waals surface area contributed by atoms with Gasteiger partial charge in [0.25, 0.3) is 11.6 Å². The maximum absolute atomic E-state index is 11.5. The standard InChI is InChI=1S/C13H17N3O4/c1-13(5-6-20-8-13)15-10-4-3-9(12(17)14-2)7-11(10)16(18)19/h3-4,7,15H,5-6,8H2,1-2H3,(H,14,17). The van der Waals surface area contributed by atoms with E-state index in [4.69, 9.17) is 4.74 Å². The number of benzene rings is 1. The summed E-state index contributed by atoms with van der Waals surface area (Å²) in [5.41, 5.74) is 0.228. The Hall–Kier alpha value is -2.15. The number of ether oxygens (including phenoxy) is 1. The van der Waals surface area contributed by atoms with Crippen LogP contribution in [-0.2, 0) is 4.74 Å². The molecular formula is C13H17N3O4. The Morgan fingerprint density at radius 1 is 1.50 bits per heavy atom. The Kier molecular flexibility index (Phi) is 3.89. The van der Waals surface area contributed by atoms with Gasteiger partial charge in [0, 0.05) is 25.3 Å². The van der Waals surface area contributed by atoms with Gasteiger partial charge >= 0.3 is 0 Å². The van der Waals surface area contributed by atoms with Crippen LogP contribution in [0.2, 0.25) is 0 Å². The van der Waals surface area contributed by atoms with Gasteiger partial charge in [0.1, 0.15) is 5.69 Å². The second-order valence-corrected chi connectivity index (χ2v) is 5.06. The van der Waals surface area contributed by atoms with Crippen LogP contribution in [0.3, 0.4) is 0 Å². The maximum Gasteiger partial charge on any atom is 0.293 e. The molecule has 1 unspecified atom stereocenters. The van der Waals surface area contributed by atoms with Crippen molar-refractivity contribution in [3.63, 3.8) is 0 Å². The highest BCUT2D eigenvalue weighted by Gasteiger charge is 2.31. The molecule has 1 aliphatic rings. The summed E-state index contributed by atoms with van der Waals surface area (Å²) in [6.07, 6.45) is 0.779. The molecular weight excluding hydrogens is 262 g/mol. The monoisotopic (exact) mass is 279 g/mol. The van der Waals surface area contributed by atoms with Gasteiger partial charge < -0.3 is 15.4 Å². The number of hydrogen-bond donors (Lipinski definition) is 2. The third kappa shape index (κ3) is 2.88. The lowest BCUT2D eigenvalue weighted by molar-refractivity contribution is -0.384. The van der Waals surface area contributed by atoms with Gasteiger partial charge in [-0.05, 0) is 25.5 Å². The second kappa shape index (κ2) is 5.46. The minimum atomic E-state index is -0.492. The van der Waals surface area contributed by atoms with E-state index in [9.17, 15) is 14.9 Å². The van der Waals surface area contributed by atoms with Gasteiger partial charge in [-0.3, -0.25) is 14.9 Å². The quantitative estimate of drug-likeness (QED) is 0.644. The van der Waals surface area contributed by atoms with Gasteiger partial charge in [0.05, 0.1) is 17.1 Å². The molecule has 1 saturated heterocycles. The molecule has 1 aliphatic heterocycles. The minimum absolute atomic E-state index is 0.112. The third-order valence-electron chi connectivity index (χ3n) is 3.34. The zero-order valence-corrected chi connectivity index (χ0v) is 11.4. The highest BCUT2D eigenvalue weighted by atomic mass is 16.6. The van der Waals surface area contributed by atoms with Crippen LogP contribution in [0.25, 0.3) is 0 Å². The Balaban J connectivity index is 2.33. The topological polar surface area (TPSA) is 93.5 Å². The van der Waals surface area contributed by atoms with E-state index in [1.807, 2.05) is 6.92 Å². The average Bonchev–Trinajstić information content (AvgIpc) is 2.84. The van der Waals surface area contributed by atoms with E-state index >= 15 is 0 Å². The minimum Gasteiger partial charge on any atom is -0.379 e. The third-order valence-corrected chi connectivity index (χ3v) is 3.34. The van der Waals surface area contributed by atoms with Crippen LogP contribution in [-0.4, -0.2) is 36.6 Å². The molecule has 0 aliphatic carbocycles. The summed E-state index contributed by atoms with van der Waals surface area (Å²) >= 11 is 0. The Labute approximate surface area is 116 Å². The van der Waals surface area contributed by atoms with Gasteiger partial charge in [-0.15, -0.1) is 0 Å². The fourth-order valence-electron chi connectivity index (χ4n) is 2.16. The zero-order chi connectivity index (χ0) is 14.8. The molecule has 0 aromatic heterocycles. The number of nitrogens with one attached hydrogen (secondary N) is 2. The normalized spacial score (nSPS) is 21.5. The smallest absolute Gasteiger partial charge is 0.293 e. The van der Waals surface area contributed by atoms with E-state index in [0.717, 1.165) is 6.42 Å². The molecule has 2 rings (SSSR count). The number of rotatable bonds is 4. The van der Waals surface area contributed by atoms with Crippen molar-refractivity contribution in [3.05, 3.63) is 33.9 Å². The average molecular weight is 279 g/mol. The largest absolute Gasteiger partial charge is 0.379 e. The zero-order valence-electron chi connectivity index (χ0n) is 11.4. The van der Waals surface area contributed by atoms with Gasteiger partial charge in [0.2, 0.25) is 0 Å². The lowest BCUT2D eigenvalue weighted by Crippen LogP contribution is -2.35. The summed E-state index contributed by atoms with van der Waals surface area (Å²) in [5.74, 6) is -0.352. The first kappa shape index (κ1) is 14.3. The number of hydrogen-bond acceptors (Lipinski definition) is 5. The number of carbonyl (C=O) groups excluding carboxylic acids is 1. The van der Waals surface area contributed by atoms with Crippen LogP contribution in [0.1, 0.15) is 23.7 Å². The van der Waals surface area contributed by atoms with Crippen molar-refractivity contribution in [2.75, 3.05) is 25.6 Å². The van der Waals surface area contributed by atoms with Crippen molar-refractivity contribution in [2.24, 2.45) is 0 Å². The van der Waals surface area contributed by atoms with Gasteiger partial charge in [-0.25, -0.2) is 0 Å². The van der Waals surface area contributed by atoms with Crippen molar-refractivity contribution in [3.8, 4) is 0 Å². The molecule has 0 radical (unpaired) electrons. The second-order valence-electron chi connectivity index (χ2n) is 5.06. The number of nitro benzene ring substituents is 1. The first-order chi connectivity index (χ1) is 9.45. The van der Waals surface area contributed by atoms with Crippen molar-refractivity contribution in [1.82, 2.24) is 5.32 Å². The summed E-state index contributed by atoms with van der Waals surface area (Å²) in [6, 6.07) is 4.40. The first-order valence-corrected chi connectivity index (χ1v) is 6.32. The van der Waals surface area contributed by atoms with E-state index in [2.05, 4.69) is 10.6 Å². The maximum atomic E-state index is 11.5. The molecule has 0 spiro atoms. The van der Waals surface area contributed by atoms with Crippen LogP contribution in [0.5, 0.6) is 0 Å². The van der Waals surface area contributed by atoms with E-state index in [1.165, 1.54) is 13.1 Å². The van der Waals surface area contributed by atoms with Crippen LogP contribution in [0.4, 0.5) is 11.4 Å². The fraction of sp³-hybridized carbons (Fsp3) is 0.462. The van der Waals surface area contributed by atoms with Crippen molar-refractivity contribution < 1.29 is 14.5 Å². The summed E-state index contributed by atoms with van der Waals surface area (Å²) in [6.45, 7) is 3.09. The van der Waals surface area contributed by atoms with E-state index in [1.54, 1.807) is 12.1 Å². The SMILES string of the molecule is CNC(=O)c1ccc(NC2(C)CCOC2)c([N+](=O)[O-])c1. The molecule has 7 heteroatoms. The van der Waals surface area contributed by atoms with Crippen LogP contribution < -0.4 is 10.6 Å². The molecule has 0 bridgehead atoms. The summed E-state index contributed by atoms with van der Waals surface area (Å²) < 4.78 is 5.32. The highest BCUT2D eigenvalue weighted by molar-refractivity contribution is 5.95. The van der Waals surface area contributed by atoms with Crippen molar-refractivity contribution in [1.29, 1.82) is 0 Å². The number of nitrogens with zero attached hydrogens (tertiary/aromatic N) is 1. The number of carbonyl (C=O) groups is 1. The van der Waals surface area contributed by atoms with Crippen molar-refractivity contribution >= 4 is 17.3 Å². The molecule has 0 saturated carbocycles. The van der Waals surface area contributed by atoms with Gasteiger partial charge in [-0.2, -0.15) is 0 Å². The molecule has 1 amide bonds. The number of nitro groups is 1. The molecule has 2 N–H and O–H groups in total. The molecule has 1 fully saturated rings. The first-order valence-electron chi connectivity index (χ1n) is 6.32. The van der Waals surface area contributed by atoms with Gasteiger partial charge in [0.15, 0.2) is 0 Å². The van der Waals surface area contributed by atoms with Crippen LogP contribution in [0, 0.1) is 10.1 Å². The lowest BCUT2D eigenvalue weighted by atomic mass is 10.0. The Morgan fingerprint density at radius 3 is 2.80 bits per heavy atom. The van der Waals surface area contributed by atoms with Crippen LogP contribution in [0.15, 0.2) is 18.2 Å². The molecule has 20 heavy (non-hydrogen) atoms. The molecule has 7 nitrogen and oxygen atoms in total. The van der Waals surface area contributed by atoms with Gasteiger partial charge in [-0.1, -0.05) is 0 Å². The van der Waals surface area contributed by atoms with Crippen molar-refractivity contribution in [2.45, 2.75) is 18.9 Å². The van der Waals surface area contributed by atoms with Crippen LogP contribution >= 0.6 is 0 Å².